The Balaban J connectivity index is 1.54. The minimum Gasteiger partial charge on any atom is -0.466 e. The molecular weight excluding hydrogens is 390 g/mol. The Hall–Kier alpha value is -3.15. The van der Waals surface area contributed by atoms with Gasteiger partial charge in [-0.15, -0.1) is 0 Å². The second-order valence-corrected chi connectivity index (χ2v) is 8.19. The smallest absolute Gasteiger partial charge is 0.309 e. The molecule has 1 saturated heterocycles. The number of benzene rings is 1. The van der Waals surface area contributed by atoms with Gasteiger partial charge in [0.2, 0.25) is 5.91 Å². The predicted molar refractivity (Wildman–Crippen MR) is 119 cm³/mol. The van der Waals surface area contributed by atoms with Crippen LogP contribution in [-0.4, -0.2) is 45.9 Å². The number of carbonyl (C=O) groups is 2. The molecule has 1 aromatic carbocycles. The fourth-order valence-electron chi connectivity index (χ4n) is 4.37. The SMILES string of the molecule is CCOC(=O)C1CCN(C(=O)CC(c2ccccc2)c2cnc3cc(C)ccn23)CC1. The number of carbonyl (C=O) groups excluding carboxylic acids is 2. The summed E-state index contributed by atoms with van der Waals surface area (Å²) in [5.74, 6) is -0.221. The summed E-state index contributed by atoms with van der Waals surface area (Å²) < 4.78 is 7.22. The van der Waals surface area contributed by atoms with Crippen LogP contribution in [0.25, 0.3) is 5.65 Å². The lowest BCUT2D eigenvalue weighted by molar-refractivity contribution is -0.151. The number of likely N-dealkylation sites (tertiary alicyclic amines) is 1. The Morgan fingerprint density at radius 1 is 1.16 bits per heavy atom. The van der Waals surface area contributed by atoms with E-state index in [-0.39, 0.29) is 23.7 Å². The third kappa shape index (κ3) is 4.63. The number of rotatable bonds is 6. The summed E-state index contributed by atoms with van der Waals surface area (Å²) >= 11 is 0. The largest absolute Gasteiger partial charge is 0.466 e. The Bertz CT molecular complexity index is 1050. The van der Waals surface area contributed by atoms with Gasteiger partial charge in [-0.1, -0.05) is 30.3 Å². The lowest BCUT2D eigenvalue weighted by atomic mass is 9.91. The molecule has 1 fully saturated rings. The summed E-state index contributed by atoms with van der Waals surface area (Å²) in [5, 5.41) is 0. The van der Waals surface area contributed by atoms with Crippen molar-refractivity contribution in [3.63, 3.8) is 0 Å². The van der Waals surface area contributed by atoms with Gasteiger partial charge in [0.15, 0.2) is 0 Å². The van der Waals surface area contributed by atoms with Crippen molar-refractivity contribution in [2.75, 3.05) is 19.7 Å². The van der Waals surface area contributed by atoms with E-state index in [0.29, 0.717) is 39.0 Å². The fourth-order valence-corrected chi connectivity index (χ4v) is 4.37. The van der Waals surface area contributed by atoms with Crippen LogP contribution >= 0.6 is 0 Å². The minimum atomic E-state index is -0.141. The summed E-state index contributed by atoms with van der Waals surface area (Å²) in [4.78, 5) is 31.7. The standard InChI is InChI=1S/C25H29N3O3/c1-3-31-25(30)20-10-12-27(13-11-20)24(29)16-21(19-7-5-4-6-8-19)22-17-26-23-15-18(2)9-14-28(22)23/h4-9,14-15,17,20-21H,3,10-13,16H2,1-2H3. The number of imidazole rings is 1. The van der Waals surface area contributed by atoms with E-state index < -0.39 is 0 Å². The number of pyridine rings is 1. The maximum atomic E-state index is 13.2. The molecule has 1 aliphatic rings. The van der Waals surface area contributed by atoms with Gasteiger partial charge in [-0.05, 0) is 49.9 Å². The topological polar surface area (TPSA) is 63.9 Å². The molecule has 6 nitrogen and oxygen atoms in total. The molecule has 6 heteroatoms. The average Bonchev–Trinajstić information content (AvgIpc) is 3.21. The highest BCUT2D eigenvalue weighted by Crippen LogP contribution is 2.30. The molecule has 2 aromatic heterocycles. The molecule has 31 heavy (non-hydrogen) atoms. The molecule has 1 amide bonds. The van der Waals surface area contributed by atoms with Crippen LogP contribution in [-0.2, 0) is 14.3 Å². The molecule has 1 atom stereocenters. The van der Waals surface area contributed by atoms with Crippen molar-refractivity contribution < 1.29 is 14.3 Å². The lowest BCUT2D eigenvalue weighted by Crippen LogP contribution is -2.41. The van der Waals surface area contributed by atoms with Crippen molar-refractivity contribution in [1.29, 1.82) is 0 Å². The van der Waals surface area contributed by atoms with Crippen molar-refractivity contribution in [2.24, 2.45) is 5.92 Å². The molecule has 3 aromatic rings. The van der Waals surface area contributed by atoms with Crippen molar-refractivity contribution in [2.45, 2.75) is 39.0 Å². The first-order valence-electron chi connectivity index (χ1n) is 11.0. The van der Waals surface area contributed by atoms with Crippen LogP contribution in [0, 0.1) is 12.8 Å². The third-order valence-corrected chi connectivity index (χ3v) is 6.10. The first-order chi connectivity index (χ1) is 15.1. The van der Waals surface area contributed by atoms with Gasteiger partial charge in [-0.3, -0.25) is 9.59 Å². The number of piperidine rings is 1. The van der Waals surface area contributed by atoms with E-state index in [1.165, 1.54) is 0 Å². The molecule has 1 aliphatic heterocycles. The van der Waals surface area contributed by atoms with Gasteiger partial charge in [0.1, 0.15) is 5.65 Å². The number of nitrogens with zero attached hydrogens (tertiary/aromatic N) is 3. The normalized spacial score (nSPS) is 15.7. The summed E-state index contributed by atoms with van der Waals surface area (Å²) in [6, 6.07) is 14.2. The van der Waals surface area contributed by atoms with E-state index in [1.807, 2.05) is 55.4 Å². The number of hydrogen-bond acceptors (Lipinski definition) is 4. The second kappa shape index (κ2) is 9.33. The number of hydrogen-bond donors (Lipinski definition) is 0. The van der Waals surface area contributed by atoms with Crippen LogP contribution in [0.4, 0.5) is 0 Å². The van der Waals surface area contributed by atoms with Crippen LogP contribution in [0.2, 0.25) is 0 Å². The first kappa shape index (κ1) is 21.1. The highest BCUT2D eigenvalue weighted by Gasteiger charge is 2.30. The first-order valence-corrected chi connectivity index (χ1v) is 11.0. The van der Waals surface area contributed by atoms with Crippen LogP contribution in [0.1, 0.15) is 48.9 Å². The molecule has 162 valence electrons. The van der Waals surface area contributed by atoms with Crippen molar-refractivity contribution >= 4 is 17.5 Å². The third-order valence-electron chi connectivity index (χ3n) is 6.10. The summed E-state index contributed by atoms with van der Waals surface area (Å²) in [6.07, 6.45) is 5.60. The Morgan fingerprint density at radius 3 is 2.61 bits per heavy atom. The number of fused-ring (bicyclic) bond motifs is 1. The summed E-state index contributed by atoms with van der Waals surface area (Å²) in [5.41, 5.74) is 4.15. The molecule has 0 aliphatic carbocycles. The Labute approximate surface area is 182 Å². The van der Waals surface area contributed by atoms with Gasteiger partial charge in [0, 0.05) is 37.8 Å². The van der Waals surface area contributed by atoms with Gasteiger partial charge in [-0.2, -0.15) is 0 Å². The number of amides is 1. The Kier molecular flexibility index (Phi) is 6.35. The van der Waals surface area contributed by atoms with Crippen LogP contribution < -0.4 is 0 Å². The number of ether oxygens (including phenoxy) is 1. The van der Waals surface area contributed by atoms with E-state index in [2.05, 4.69) is 27.6 Å². The molecule has 4 rings (SSSR count). The summed E-state index contributed by atoms with van der Waals surface area (Å²) in [6.45, 7) is 5.45. The summed E-state index contributed by atoms with van der Waals surface area (Å²) in [7, 11) is 0. The molecule has 0 bridgehead atoms. The minimum absolute atomic E-state index is 0.0887. The van der Waals surface area contributed by atoms with Crippen molar-refractivity contribution in [3.8, 4) is 0 Å². The van der Waals surface area contributed by atoms with E-state index in [4.69, 9.17) is 4.74 Å². The monoisotopic (exact) mass is 419 g/mol. The van der Waals surface area contributed by atoms with Crippen LogP contribution in [0.5, 0.6) is 0 Å². The second-order valence-electron chi connectivity index (χ2n) is 8.19. The molecule has 0 saturated carbocycles. The molecule has 0 radical (unpaired) electrons. The fraction of sp³-hybridized carbons (Fsp3) is 0.400. The van der Waals surface area contributed by atoms with Gasteiger partial charge in [0.25, 0.3) is 0 Å². The number of aromatic nitrogens is 2. The van der Waals surface area contributed by atoms with E-state index in [9.17, 15) is 9.59 Å². The molecular formula is C25H29N3O3. The zero-order chi connectivity index (χ0) is 21.8. The van der Waals surface area contributed by atoms with Crippen molar-refractivity contribution in [1.82, 2.24) is 14.3 Å². The maximum Gasteiger partial charge on any atom is 0.309 e. The average molecular weight is 420 g/mol. The maximum absolute atomic E-state index is 13.2. The molecule has 0 spiro atoms. The van der Waals surface area contributed by atoms with E-state index >= 15 is 0 Å². The lowest BCUT2D eigenvalue weighted by Gasteiger charge is -2.32. The highest BCUT2D eigenvalue weighted by atomic mass is 16.5. The van der Waals surface area contributed by atoms with Gasteiger partial charge in [0.05, 0.1) is 18.2 Å². The highest BCUT2D eigenvalue weighted by molar-refractivity contribution is 5.78. The van der Waals surface area contributed by atoms with Gasteiger partial charge >= 0.3 is 5.97 Å². The zero-order valence-electron chi connectivity index (χ0n) is 18.2. The van der Waals surface area contributed by atoms with Crippen molar-refractivity contribution in [3.05, 3.63) is 71.7 Å². The molecule has 3 heterocycles. The van der Waals surface area contributed by atoms with Gasteiger partial charge in [-0.25, -0.2) is 4.98 Å². The van der Waals surface area contributed by atoms with E-state index in [1.54, 1.807) is 0 Å². The Morgan fingerprint density at radius 2 is 1.90 bits per heavy atom. The number of aryl methyl sites for hydroxylation is 1. The molecule has 1 unspecified atom stereocenters. The van der Waals surface area contributed by atoms with Crippen LogP contribution in [0.3, 0.4) is 0 Å². The van der Waals surface area contributed by atoms with Crippen LogP contribution in [0.15, 0.2) is 54.9 Å². The quantitative estimate of drug-likeness (QED) is 0.567. The molecule has 0 N–H and O–H groups in total. The zero-order valence-corrected chi connectivity index (χ0v) is 18.2. The number of esters is 1. The predicted octanol–water partition coefficient (Wildman–Crippen LogP) is 3.97. The van der Waals surface area contributed by atoms with Gasteiger partial charge < -0.3 is 14.0 Å². The van der Waals surface area contributed by atoms with E-state index in [0.717, 1.165) is 22.5 Å².